The van der Waals surface area contributed by atoms with Crippen LogP contribution in [-0.4, -0.2) is 9.55 Å². The van der Waals surface area contributed by atoms with E-state index in [2.05, 4.69) is 4.98 Å². The number of nitrogens with zero attached hydrogens (tertiary/aromatic N) is 2. The lowest BCUT2D eigenvalue weighted by Gasteiger charge is -2.12. The molecule has 0 aliphatic heterocycles. The van der Waals surface area contributed by atoms with Gasteiger partial charge in [0.25, 0.3) is 0 Å². The molecule has 90 valence electrons. The largest absolute Gasteiger partial charge is 0.337 e. The van der Waals surface area contributed by atoms with Gasteiger partial charge >= 0.3 is 0 Å². The molecule has 0 saturated heterocycles. The molecule has 3 nitrogen and oxygen atoms in total. The number of aromatic nitrogens is 2. The molecule has 0 bridgehead atoms. The molecule has 2 aromatic rings. The van der Waals surface area contributed by atoms with Crippen LogP contribution in [0.25, 0.3) is 0 Å². The van der Waals surface area contributed by atoms with E-state index < -0.39 is 0 Å². The summed E-state index contributed by atoms with van der Waals surface area (Å²) in [5.41, 5.74) is 7.08. The van der Waals surface area contributed by atoms with Gasteiger partial charge in [-0.3, -0.25) is 0 Å². The van der Waals surface area contributed by atoms with Crippen LogP contribution in [0.2, 0.25) is 10.0 Å². The first-order valence-corrected chi connectivity index (χ1v) is 6.00. The fraction of sp³-hybridized carbons (Fsp3) is 0.250. The number of aryl methyl sites for hydroxylation is 1. The summed E-state index contributed by atoms with van der Waals surface area (Å²) in [6.45, 7) is 0. The van der Waals surface area contributed by atoms with Crippen LogP contribution >= 0.6 is 23.2 Å². The molecule has 1 atom stereocenters. The Bertz CT molecular complexity index is 522. The quantitative estimate of drug-likeness (QED) is 0.931. The highest BCUT2D eigenvalue weighted by Gasteiger charge is 2.13. The zero-order valence-corrected chi connectivity index (χ0v) is 10.9. The van der Waals surface area contributed by atoms with E-state index in [1.807, 2.05) is 29.9 Å². The standard InChI is InChI=1S/C12H13Cl2N3/c1-17-5-4-16-12(17)11(15)6-8-2-3-9(13)7-10(8)14/h2-5,7,11H,6,15H2,1H3. The van der Waals surface area contributed by atoms with Crippen molar-refractivity contribution in [3.05, 3.63) is 52.0 Å². The van der Waals surface area contributed by atoms with Gasteiger partial charge in [-0.2, -0.15) is 0 Å². The van der Waals surface area contributed by atoms with E-state index in [1.165, 1.54) is 0 Å². The molecule has 1 unspecified atom stereocenters. The van der Waals surface area contributed by atoms with E-state index >= 15 is 0 Å². The average Bonchev–Trinajstić information content (AvgIpc) is 2.68. The molecule has 1 aromatic heterocycles. The molecule has 0 radical (unpaired) electrons. The van der Waals surface area contributed by atoms with Gasteiger partial charge in [-0.05, 0) is 24.1 Å². The van der Waals surface area contributed by atoms with Crippen LogP contribution < -0.4 is 5.73 Å². The van der Waals surface area contributed by atoms with Crippen molar-refractivity contribution in [2.75, 3.05) is 0 Å². The maximum atomic E-state index is 6.11. The van der Waals surface area contributed by atoms with Crippen LogP contribution in [0.15, 0.2) is 30.6 Å². The Hall–Kier alpha value is -1.03. The third-order valence-corrected chi connectivity index (χ3v) is 3.23. The topological polar surface area (TPSA) is 43.8 Å². The average molecular weight is 270 g/mol. The van der Waals surface area contributed by atoms with Crippen molar-refractivity contribution in [1.29, 1.82) is 0 Å². The van der Waals surface area contributed by atoms with Crippen molar-refractivity contribution in [3.63, 3.8) is 0 Å². The molecule has 5 heteroatoms. The molecular weight excluding hydrogens is 257 g/mol. The number of hydrogen-bond acceptors (Lipinski definition) is 2. The van der Waals surface area contributed by atoms with Gasteiger partial charge in [0.15, 0.2) is 0 Å². The van der Waals surface area contributed by atoms with Gasteiger partial charge in [0.05, 0.1) is 6.04 Å². The zero-order chi connectivity index (χ0) is 12.4. The van der Waals surface area contributed by atoms with E-state index in [0.29, 0.717) is 16.5 Å². The van der Waals surface area contributed by atoms with Crippen molar-refractivity contribution < 1.29 is 0 Å². The Morgan fingerprint density at radius 3 is 2.76 bits per heavy atom. The van der Waals surface area contributed by atoms with Crippen LogP contribution in [0.4, 0.5) is 0 Å². The molecule has 17 heavy (non-hydrogen) atoms. The number of nitrogens with two attached hydrogens (primary N) is 1. The number of hydrogen-bond donors (Lipinski definition) is 1. The fourth-order valence-electron chi connectivity index (χ4n) is 1.75. The Morgan fingerprint density at radius 2 is 2.18 bits per heavy atom. The molecule has 0 fully saturated rings. The Kier molecular flexibility index (Phi) is 3.72. The van der Waals surface area contributed by atoms with E-state index in [0.717, 1.165) is 11.4 Å². The maximum absolute atomic E-state index is 6.11. The highest BCUT2D eigenvalue weighted by Crippen LogP contribution is 2.24. The van der Waals surface area contributed by atoms with Crippen LogP contribution in [0.5, 0.6) is 0 Å². The first kappa shape index (κ1) is 12.4. The Labute approximate surface area is 110 Å². The summed E-state index contributed by atoms with van der Waals surface area (Å²) in [7, 11) is 1.92. The number of halogens is 2. The predicted octanol–water partition coefficient (Wildman–Crippen LogP) is 2.97. The lowest BCUT2D eigenvalue weighted by Crippen LogP contribution is -2.17. The molecule has 2 rings (SSSR count). The van der Waals surface area contributed by atoms with Crippen LogP contribution in [0.1, 0.15) is 17.4 Å². The van der Waals surface area contributed by atoms with Crippen LogP contribution in [0, 0.1) is 0 Å². The van der Waals surface area contributed by atoms with Crippen molar-refractivity contribution in [3.8, 4) is 0 Å². The second-order valence-electron chi connectivity index (χ2n) is 3.94. The number of rotatable bonds is 3. The maximum Gasteiger partial charge on any atom is 0.125 e. The van der Waals surface area contributed by atoms with Gasteiger partial charge in [-0.25, -0.2) is 4.98 Å². The Balaban J connectivity index is 2.19. The summed E-state index contributed by atoms with van der Waals surface area (Å²) >= 11 is 12.0. The highest BCUT2D eigenvalue weighted by atomic mass is 35.5. The summed E-state index contributed by atoms with van der Waals surface area (Å²) in [6.07, 6.45) is 4.25. The van der Waals surface area contributed by atoms with E-state index in [1.54, 1.807) is 12.3 Å². The fourth-order valence-corrected chi connectivity index (χ4v) is 2.24. The lowest BCUT2D eigenvalue weighted by atomic mass is 10.1. The normalized spacial score (nSPS) is 12.7. The van der Waals surface area contributed by atoms with E-state index in [-0.39, 0.29) is 6.04 Å². The van der Waals surface area contributed by atoms with Gasteiger partial charge in [0, 0.05) is 29.5 Å². The van der Waals surface area contributed by atoms with Gasteiger partial charge in [0.2, 0.25) is 0 Å². The zero-order valence-electron chi connectivity index (χ0n) is 9.40. The molecule has 0 amide bonds. The summed E-state index contributed by atoms with van der Waals surface area (Å²) in [5.74, 6) is 0.844. The number of benzene rings is 1. The SMILES string of the molecule is Cn1ccnc1C(N)Cc1ccc(Cl)cc1Cl. The summed E-state index contributed by atoms with van der Waals surface area (Å²) in [6, 6.07) is 5.26. The Morgan fingerprint density at radius 1 is 1.41 bits per heavy atom. The van der Waals surface area contributed by atoms with Crippen molar-refractivity contribution in [2.24, 2.45) is 12.8 Å². The molecule has 0 aliphatic carbocycles. The molecular formula is C12H13Cl2N3. The first-order valence-electron chi connectivity index (χ1n) is 5.24. The van der Waals surface area contributed by atoms with Crippen molar-refractivity contribution in [2.45, 2.75) is 12.5 Å². The summed E-state index contributed by atoms with van der Waals surface area (Å²) in [4.78, 5) is 4.23. The van der Waals surface area contributed by atoms with E-state index in [4.69, 9.17) is 28.9 Å². The monoisotopic (exact) mass is 269 g/mol. The molecule has 1 heterocycles. The molecule has 0 aliphatic rings. The summed E-state index contributed by atoms with van der Waals surface area (Å²) in [5, 5.41) is 1.27. The summed E-state index contributed by atoms with van der Waals surface area (Å²) < 4.78 is 1.91. The first-order chi connectivity index (χ1) is 8.08. The number of imidazole rings is 1. The third kappa shape index (κ3) is 2.80. The van der Waals surface area contributed by atoms with E-state index in [9.17, 15) is 0 Å². The smallest absolute Gasteiger partial charge is 0.125 e. The van der Waals surface area contributed by atoms with Crippen molar-refractivity contribution >= 4 is 23.2 Å². The van der Waals surface area contributed by atoms with Gasteiger partial charge in [-0.1, -0.05) is 29.3 Å². The van der Waals surface area contributed by atoms with Gasteiger partial charge in [0.1, 0.15) is 5.82 Å². The van der Waals surface area contributed by atoms with Gasteiger partial charge < -0.3 is 10.3 Å². The second-order valence-corrected chi connectivity index (χ2v) is 4.79. The van der Waals surface area contributed by atoms with Crippen LogP contribution in [0.3, 0.4) is 0 Å². The third-order valence-electron chi connectivity index (χ3n) is 2.65. The molecule has 2 N–H and O–H groups in total. The minimum Gasteiger partial charge on any atom is -0.337 e. The molecule has 1 aromatic carbocycles. The molecule has 0 saturated carbocycles. The van der Waals surface area contributed by atoms with Crippen LogP contribution in [-0.2, 0) is 13.5 Å². The lowest BCUT2D eigenvalue weighted by molar-refractivity contribution is 0.632. The minimum atomic E-state index is -0.173. The predicted molar refractivity (Wildman–Crippen MR) is 70.3 cm³/mol. The second kappa shape index (κ2) is 5.08. The van der Waals surface area contributed by atoms with Crippen molar-refractivity contribution in [1.82, 2.24) is 9.55 Å². The van der Waals surface area contributed by atoms with Gasteiger partial charge in [-0.15, -0.1) is 0 Å². The molecule has 0 spiro atoms. The highest BCUT2D eigenvalue weighted by molar-refractivity contribution is 6.35. The minimum absolute atomic E-state index is 0.173.